The van der Waals surface area contributed by atoms with Gasteiger partial charge in [0.05, 0.1) is 27.3 Å². The van der Waals surface area contributed by atoms with Crippen LogP contribution in [0.15, 0.2) is 60.7 Å². The summed E-state index contributed by atoms with van der Waals surface area (Å²) in [6, 6.07) is 15.8. The van der Waals surface area contributed by atoms with E-state index in [1.54, 1.807) is 24.3 Å². The number of rotatable bonds is 6. The molecule has 0 aliphatic heterocycles. The minimum absolute atomic E-state index is 0.189. The highest BCUT2D eigenvalue weighted by Gasteiger charge is 2.25. The van der Waals surface area contributed by atoms with E-state index in [0.29, 0.717) is 17.4 Å². The van der Waals surface area contributed by atoms with Crippen molar-refractivity contribution in [3.8, 4) is 0 Å². The van der Waals surface area contributed by atoms with Crippen molar-refractivity contribution in [1.29, 1.82) is 0 Å². The summed E-state index contributed by atoms with van der Waals surface area (Å²) in [7, 11) is 0. The Morgan fingerprint density at radius 3 is 1.93 bits per heavy atom. The molecule has 0 saturated heterocycles. The van der Waals surface area contributed by atoms with Gasteiger partial charge in [0.1, 0.15) is 5.69 Å². The molecule has 0 aromatic heterocycles. The molecule has 2 N–H and O–H groups in total. The zero-order chi connectivity index (χ0) is 20.3. The van der Waals surface area contributed by atoms with Gasteiger partial charge in [-0.05, 0) is 31.2 Å². The molecule has 0 atom stereocenters. The number of anilines is 4. The second-order valence-corrected chi connectivity index (χ2v) is 6.00. The first kappa shape index (κ1) is 18.8. The quantitative estimate of drug-likeness (QED) is 0.434. The molecule has 0 bridgehead atoms. The Labute approximate surface area is 158 Å². The highest BCUT2D eigenvalue weighted by Crippen LogP contribution is 2.36. The van der Waals surface area contributed by atoms with Gasteiger partial charge in [-0.15, -0.1) is 0 Å². The number of hydrogen-bond donors (Lipinski definition) is 2. The third kappa shape index (κ3) is 4.04. The van der Waals surface area contributed by atoms with Crippen LogP contribution in [0.4, 0.5) is 38.5 Å². The molecule has 9 heteroatoms. The van der Waals surface area contributed by atoms with E-state index in [0.717, 1.165) is 17.3 Å². The zero-order valence-electron chi connectivity index (χ0n) is 14.7. The Morgan fingerprint density at radius 1 is 0.786 bits per heavy atom. The maximum Gasteiger partial charge on any atom is 0.311 e. The van der Waals surface area contributed by atoms with E-state index in [-0.39, 0.29) is 5.69 Å². The molecule has 0 heterocycles. The number of aryl methyl sites for hydroxylation is 1. The topological polar surface area (TPSA) is 110 Å². The van der Waals surface area contributed by atoms with Gasteiger partial charge in [0.2, 0.25) is 5.82 Å². The zero-order valence-corrected chi connectivity index (χ0v) is 14.7. The maximum absolute atomic E-state index is 14.0. The summed E-state index contributed by atoms with van der Waals surface area (Å²) >= 11 is 0. The lowest BCUT2D eigenvalue weighted by molar-refractivity contribution is -0.395. The van der Waals surface area contributed by atoms with Crippen molar-refractivity contribution >= 4 is 34.1 Å². The van der Waals surface area contributed by atoms with Crippen LogP contribution >= 0.6 is 0 Å². The average Bonchev–Trinajstić information content (AvgIpc) is 2.64. The third-order valence-corrected chi connectivity index (χ3v) is 3.99. The van der Waals surface area contributed by atoms with Crippen molar-refractivity contribution in [3.05, 3.63) is 92.3 Å². The van der Waals surface area contributed by atoms with Gasteiger partial charge in [-0.3, -0.25) is 20.2 Å². The fraction of sp³-hybridized carbons (Fsp3) is 0.0526. The minimum atomic E-state index is -1.16. The normalized spacial score (nSPS) is 10.4. The lowest BCUT2D eigenvalue weighted by atomic mass is 10.2. The third-order valence-electron chi connectivity index (χ3n) is 3.99. The van der Waals surface area contributed by atoms with Crippen LogP contribution in [0.3, 0.4) is 0 Å². The molecule has 0 radical (unpaired) electrons. The number of nitrogens with one attached hydrogen (secondary N) is 2. The number of nitro groups is 2. The van der Waals surface area contributed by atoms with Crippen molar-refractivity contribution in [2.45, 2.75) is 6.92 Å². The molecule has 0 amide bonds. The van der Waals surface area contributed by atoms with Crippen molar-refractivity contribution in [3.63, 3.8) is 0 Å². The first-order valence-corrected chi connectivity index (χ1v) is 8.17. The molecule has 0 saturated carbocycles. The van der Waals surface area contributed by atoms with Gasteiger partial charge in [0.15, 0.2) is 0 Å². The second kappa shape index (κ2) is 7.70. The SMILES string of the molecule is Cc1ccc(Nc2ccccc2Nc2cc(F)c([N+](=O)[O-])cc2[N+](=O)[O-])cc1. The first-order chi connectivity index (χ1) is 13.3. The molecule has 142 valence electrons. The Bertz CT molecular complexity index is 1050. The molecular weight excluding hydrogens is 367 g/mol. The van der Waals surface area contributed by atoms with E-state index in [4.69, 9.17) is 0 Å². The molecule has 3 rings (SSSR count). The number of hydrogen-bond acceptors (Lipinski definition) is 6. The lowest BCUT2D eigenvalue weighted by Gasteiger charge is -2.14. The van der Waals surface area contributed by atoms with E-state index in [9.17, 15) is 24.6 Å². The van der Waals surface area contributed by atoms with Crippen LogP contribution in [0.2, 0.25) is 0 Å². The number of halogens is 1. The van der Waals surface area contributed by atoms with Crippen molar-refractivity contribution in [2.75, 3.05) is 10.6 Å². The van der Waals surface area contributed by atoms with Crippen LogP contribution in [0.1, 0.15) is 5.56 Å². The van der Waals surface area contributed by atoms with Crippen molar-refractivity contribution < 1.29 is 14.2 Å². The Balaban J connectivity index is 1.98. The summed E-state index contributed by atoms with van der Waals surface area (Å²) < 4.78 is 14.0. The smallest absolute Gasteiger partial charge is 0.311 e. The summed E-state index contributed by atoms with van der Waals surface area (Å²) in [5.74, 6) is -1.16. The summed E-state index contributed by atoms with van der Waals surface area (Å²) in [4.78, 5) is 20.4. The van der Waals surface area contributed by atoms with Gasteiger partial charge in [0.25, 0.3) is 5.69 Å². The van der Waals surface area contributed by atoms with Crippen LogP contribution in [0.25, 0.3) is 0 Å². The van der Waals surface area contributed by atoms with Crippen LogP contribution in [-0.2, 0) is 0 Å². The number of benzene rings is 3. The Morgan fingerprint density at radius 2 is 1.36 bits per heavy atom. The summed E-state index contributed by atoms with van der Waals surface area (Å²) in [6.07, 6.45) is 0. The molecule has 0 aliphatic carbocycles. The number of nitrogens with zero attached hydrogens (tertiary/aromatic N) is 2. The maximum atomic E-state index is 14.0. The average molecular weight is 382 g/mol. The van der Waals surface area contributed by atoms with Crippen molar-refractivity contribution in [1.82, 2.24) is 0 Å². The molecule has 0 unspecified atom stereocenters. The van der Waals surface area contributed by atoms with E-state index in [1.165, 1.54) is 0 Å². The van der Waals surface area contributed by atoms with Gasteiger partial charge in [-0.2, -0.15) is 4.39 Å². The summed E-state index contributed by atoms with van der Waals surface area (Å²) in [6.45, 7) is 1.96. The van der Waals surface area contributed by atoms with E-state index in [1.807, 2.05) is 31.2 Å². The van der Waals surface area contributed by atoms with Gasteiger partial charge < -0.3 is 10.6 Å². The molecular formula is C19H15FN4O4. The van der Waals surface area contributed by atoms with Crippen LogP contribution in [0.5, 0.6) is 0 Å². The predicted octanol–water partition coefficient (Wildman–Crippen LogP) is 5.44. The summed E-state index contributed by atoms with van der Waals surface area (Å²) in [5, 5.41) is 28.1. The van der Waals surface area contributed by atoms with Crippen molar-refractivity contribution in [2.24, 2.45) is 0 Å². The lowest BCUT2D eigenvalue weighted by Crippen LogP contribution is -2.03. The van der Waals surface area contributed by atoms with Crippen LogP contribution < -0.4 is 10.6 Å². The second-order valence-electron chi connectivity index (χ2n) is 6.00. The fourth-order valence-electron chi connectivity index (χ4n) is 2.58. The molecule has 0 spiro atoms. The van der Waals surface area contributed by atoms with Crippen LogP contribution in [-0.4, -0.2) is 9.85 Å². The molecule has 3 aromatic carbocycles. The Hall–Kier alpha value is -4.01. The van der Waals surface area contributed by atoms with Crippen LogP contribution in [0, 0.1) is 33.0 Å². The van der Waals surface area contributed by atoms with Gasteiger partial charge in [-0.1, -0.05) is 29.8 Å². The van der Waals surface area contributed by atoms with E-state index < -0.39 is 27.0 Å². The largest absolute Gasteiger partial charge is 0.354 e. The predicted molar refractivity (Wildman–Crippen MR) is 104 cm³/mol. The molecule has 0 fully saturated rings. The standard InChI is InChI=1S/C19H15FN4O4/c1-12-6-8-13(9-7-12)21-15-4-2-3-5-16(15)22-17-10-14(20)18(23(25)26)11-19(17)24(27)28/h2-11,21-22H,1H3. The Kier molecular flexibility index (Phi) is 5.16. The monoisotopic (exact) mass is 382 g/mol. The highest BCUT2D eigenvalue weighted by atomic mass is 19.1. The molecule has 3 aromatic rings. The highest BCUT2D eigenvalue weighted by molar-refractivity contribution is 5.81. The molecule has 28 heavy (non-hydrogen) atoms. The van der Waals surface area contributed by atoms with E-state index in [2.05, 4.69) is 10.6 Å². The van der Waals surface area contributed by atoms with Gasteiger partial charge in [0, 0.05) is 11.8 Å². The number of para-hydroxylation sites is 2. The van der Waals surface area contributed by atoms with Gasteiger partial charge >= 0.3 is 5.69 Å². The number of nitro benzene ring substituents is 2. The first-order valence-electron chi connectivity index (χ1n) is 8.17. The van der Waals surface area contributed by atoms with E-state index >= 15 is 0 Å². The molecule has 8 nitrogen and oxygen atoms in total. The molecule has 0 aliphatic rings. The minimum Gasteiger partial charge on any atom is -0.354 e. The van der Waals surface area contributed by atoms with Gasteiger partial charge in [-0.25, -0.2) is 0 Å². The fourth-order valence-corrected chi connectivity index (χ4v) is 2.58. The summed E-state index contributed by atoms with van der Waals surface area (Å²) in [5.41, 5.74) is 1.19.